The van der Waals surface area contributed by atoms with Gasteiger partial charge in [0.1, 0.15) is 22.9 Å². The Morgan fingerprint density at radius 3 is 1.99 bits per heavy atom. The molecule has 8 aromatic rings. The number of benzene rings is 1. The van der Waals surface area contributed by atoms with Crippen molar-refractivity contribution in [1.82, 2.24) is 58.5 Å². The Balaban J connectivity index is 0.000000150. The number of carbonyl (C=O) groups is 2. The van der Waals surface area contributed by atoms with Gasteiger partial charge in [-0.05, 0) is 127 Å². The summed E-state index contributed by atoms with van der Waals surface area (Å²) in [7, 11) is 1.69. The molecule has 0 atom stereocenters. The van der Waals surface area contributed by atoms with Crippen LogP contribution in [0.1, 0.15) is 97.8 Å². The molecule has 0 radical (unpaired) electrons. The van der Waals surface area contributed by atoms with Crippen molar-refractivity contribution in [3.05, 3.63) is 133 Å². The first-order chi connectivity index (χ1) is 35.4. The van der Waals surface area contributed by atoms with Crippen molar-refractivity contribution >= 4 is 46.0 Å². The Morgan fingerprint density at radius 1 is 0.797 bits per heavy atom. The minimum absolute atomic E-state index is 0.0274. The van der Waals surface area contributed by atoms with Gasteiger partial charge in [-0.15, -0.1) is 0 Å². The molecule has 1 aromatic carbocycles. The molecule has 0 saturated heterocycles. The van der Waals surface area contributed by atoms with E-state index in [0.29, 0.717) is 46.3 Å². The second-order valence-corrected chi connectivity index (χ2v) is 19.6. The van der Waals surface area contributed by atoms with E-state index in [9.17, 15) is 23.6 Å². The molecule has 0 aliphatic carbocycles. The summed E-state index contributed by atoms with van der Waals surface area (Å²) >= 11 is 0. The molecule has 0 fully saturated rings. The molecule has 22 heteroatoms. The third-order valence-electron chi connectivity index (χ3n) is 12.9. The van der Waals surface area contributed by atoms with E-state index < -0.39 is 29.0 Å². The van der Waals surface area contributed by atoms with Crippen LogP contribution in [-0.2, 0) is 70.1 Å². The smallest absolute Gasteiger partial charge is 0.413 e. The number of nitrogens with two attached hydrogens (primary N) is 1. The van der Waals surface area contributed by atoms with Gasteiger partial charge in [-0.3, -0.25) is 33.6 Å². The Morgan fingerprint density at radius 2 is 1.39 bits per heavy atom. The summed E-state index contributed by atoms with van der Waals surface area (Å²) in [5.41, 5.74) is 12.4. The number of nitrogen functional groups attached to an aromatic ring is 1. The van der Waals surface area contributed by atoms with E-state index in [4.69, 9.17) is 15.6 Å². The van der Waals surface area contributed by atoms with Crippen molar-refractivity contribution in [2.75, 3.05) is 16.4 Å². The number of hydrogen-bond donors (Lipinski definition) is 4. The fourth-order valence-electron chi connectivity index (χ4n) is 9.59. The van der Waals surface area contributed by atoms with Gasteiger partial charge in [0.25, 0.3) is 11.1 Å². The summed E-state index contributed by atoms with van der Waals surface area (Å²) in [6, 6.07) is 14.2. The number of aromatic carboxylic acids is 1. The number of fused-ring (bicyclic) bond motifs is 5. The first kappa shape index (κ1) is 50.5. The number of carboxylic acids is 1. The lowest BCUT2D eigenvalue weighted by molar-refractivity contribution is 0.0633. The number of anilines is 4. The zero-order chi connectivity index (χ0) is 52.4. The van der Waals surface area contributed by atoms with Crippen LogP contribution in [0.5, 0.6) is 0 Å². The Hall–Kier alpha value is -8.43. The van der Waals surface area contributed by atoms with E-state index in [1.165, 1.54) is 34.6 Å². The molecule has 5 N–H and O–H groups in total. The van der Waals surface area contributed by atoms with E-state index in [1.54, 1.807) is 49.2 Å². The first-order valence-corrected chi connectivity index (χ1v) is 24.8. The third-order valence-corrected chi connectivity index (χ3v) is 12.9. The van der Waals surface area contributed by atoms with Crippen LogP contribution < -0.4 is 27.5 Å². The molecule has 74 heavy (non-hydrogen) atoms. The summed E-state index contributed by atoms with van der Waals surface area (Å²) in [4.78, 5) is 52.7. The van der Waals surface area contributed by atoms with Gasteiger partial charge < -0.3 is 25.5 Å². The largest absolute Gasteiger partial charge is 0.476 e. The highest BCUT2D eigenvalue weighted by molar-refractivity contribution is 5.85. The molecule has 4 aliphatic rings. The van der Waals surface area contributed by atoms with Crippen LogP contribution in [-0.4, -0.2) is 81.2 Å². The molecule has 0 saturated carbocycles. The van der Waals surface area contributed by atoms with Crippen molar-refractivity contribution < 1.29 is 23.8 Å². The van der Waals surface area contributed by atoms with Gasteiger partial charge in [0.05, 0.1) is 11.6 Å². The molecule has 0 bridgehead atoms. The summed E-state index contributed by atoms with van der Waals surface area (Å²) in [5.74, 6) is 0.657. The number of ether oxygens (including phenoxy) is 1. The zero-order valence-corrected chi connectivity index (χ0v) is 42.4. The summed E-state index contributed by atoms with van der Waals surface area (Å²) in [6.45, 7) is 12.9. The van der Waals surface area contributed by atoms with Gasteiger partial charge in [0, 0.05) is 103 Å². The van der Waals surface area contributed by atoms with Gasteiger partial charge in [-0.25, -0.2) is 19.0 Å². The van der Waals surface area contributed by atoms with Crippen molar-refractivity contribution in [1.29, 1.82) is 0 Å². The van der Waals surface area contributed by atoms with Gasteiger partial charge in [0.15, 0.2) is 23.1 Å². The fourth-order valence-corrected chi connectivity index (χ4v) is 9.59. The summed E-state index contributed by atoms with van der Waals surface area (Å²) < 4.78 is 30.2. The van der Waals surface area contributed by atoms with Crippen LogP contribution >= 0.6 is 0 Å². The Labute approximate surface area is 424 Å². The highest BCUT2D eigenvalue weighted by Gasteiger charge is 2.22. The molecule has 0 spiro atoms. The van der Waals surface area contributed by atoms with Crippen molar-refractivity contribution in [2.24, 2.45) is 7.05 Å². The standard InChI is InChI=1S/C28H26FN7O2.C11H17N3O2.C7H8N2O2.C6H9N3/c1-4-20-21(7-8-30-26(20)36-28(38)25-17(14-31-36)10-16(2)11-22(25)29)18-12-23(27(37)34(3)15-18)32-24-13-19-6-5-9-35(19)33-24;1-11(2,3)16-10(15)12-9-7-8-5-4-6-14(8)13-9;10-7(11)6-4-5-2-1-3-9(5)8-6;7-6-4-5-2-1-3-9(5)8-6/h7-8,10-15H,4-6,9H2,1-3H3,(H,32,33);7H,4-6H2,1-3H3,(H,12,13,15);4H,1-3H2,(H,10,11);4H,1-3H2,(H2,7,8). The molecule has 12 rings (SSSR count). The molecule has 7 aromatic heterocycles. The molecule has 1 amide bonds. The van der Waals surface area contributed by atoms with Crippen LogP contribution in [0.3, 0.4) is 0 Å². The van der Waals surface area contributed by atoms with E-state index in [-0.39, 0.29) is 16.6 Å². The second kappa shape index (κ2) is 21.0. The lowest BCUT2D eigenvalue weighted by Crippen LogP contribution is -2.27. The predicted octanol–water partition coefficient (Wildman–Crippen LogP) is 7.16. The Kier molecular flexibility index (Phi) is 14.3. The molecule has 0 unspecified atom stereocenters. The minimum atomic E-state index is -0.938. The SMILES string of the molecule is CC(C)(C)OC(=O)Nc1cc2n(n1)CCC2.CCc1c(-c2cc(Nc3cc4n(n3)CCC4)c(=O)n(C)c2)ccnc1-n1ncc2cc(C)cc(F)c2c1=O.Nc1cc2n(n1)CCC2.O=C(O)c1cc2n(n1)CCC2. The normalized spacial score (nSPS) is 13.9. The lowest BCUT2D eigenvalue weighted by Gasteiger charge is -2.19. The van der Waals surface area contributed by atoms with E-state index >= 15 is 0 Å². The number of amides is 1. The van der Waals surface area contributed by atoms with Crippen molar-refractivity contribution in [3.8, 4) is 16.9 Å². The molecular weight excluding hydrogens is 950 g/mol. The van der Waals surface area contributed by atoms with Gasteiger partial charge in [-0.2, -0.15) is 30.2 Å². The number of rotatable bonds is 7. The van der Waals surface area contributed by atoms with Gasteiger partial charge in [0.2, 0.25) is 0 Å². The number of carbonyl (C=O) groups excluding carboxylic acids is 1. The number of aromatic nitrogens is 12. The molecular formula is C52H60FN15O6. The maximum atomic E-state index is 14.8. The number of aryl methyl sites for hydroxylation is 10. The van der Waals surface area contributed by atoms with Crippen molar-refractivity contribution in [3.63, 3.8) is 0 Å². The average molecular weight is 1010 g/mol. The first-order valence-electron chi connectivity index (χ1n) is 24.8. The summed E-state index contributed by atoms with van der Waals surface area (Å²) in [6.07, 6.45) is 13.5. The topological polar surface area (TPSA) is 255 Å². The van der Waals surface area contributed by atoms with Gasteiger partial charge in [-0.1, -0.05) is 6.92 Å². The van der Waals surface area contributed by atoms with Gasteiger partial charge >= 0.3 is 12.1 Å². The number of pyridine rings is 2. The third kappa shape index (κ3) is 11.1. The van der Waals surface area contributed by atoms with Crippen LogP contribution in [0.15, 0.2) is 76.7 Å². The second-order valence-electron chi connectivity index (χ2n) is 19.6. The number of nitrogens with one attached hydrogen (secondary N) is 2. The van der Waals surface area contributed by atoms with Crippen LogP contribution in [0.4, 0.5) is 32.3 Å². The highest BCUT2D eigenvalue weighted by Crippen LogP contribution is 2.30. The van der Waals surface area contributed by atoms with Crippen LogP contribution in [0.2, 0.25) is 0 Å². The summed E-state index contributed by atoms with van der Waals surface area (Å²) in [5, 5.41) is 36.0. The van der Waals surface area contributed by atoms with Crippen LogP contribution in [0.25, 0.3) is 27.7 Å². The molecule has 11 heterocycles. The monoisotopic (exact) mass is 1010 g/mol. The predicted molar refractivity (Wildman–Crippen MR) is 277 cm³/mol. The van der Waals surface area contributed by atoms with Crippen molar-refractivity contribution in [2.45, 2.75) is 124 Å². The average Bonchev–Trinajstić information content (AvgIpc) is 4.19. The maximum absolute atomic E-state index is 14.8. The number of carboxylic acid groups (broad SMARTS) is 1. The lowest BCUT2D eigenvalue weighted by atomic mass is 10.00. The minimum Gasteiger partial charge on any atom is -0.476 e. The number of halogens is 1. The van der Waals surface area contributed by atoms with E-state index in [2.05, 4.69) is 41.1 Å². The maximum Gasteiger partial charge on any atom is 0.413 e. The van der Waals surface area contributed by atoms with E-state index in [0.717, 1.165) is 104 Å². The fraction of sp³-hybridized carbons (Fsp3) is 0.385. The highest BCUT2D eigenvalue weighted by atomic mass is 19.1. The number of hydrogen-bond acceptors (Lipinski definition) is 13. The Bertz CT molecular complexity index is 3450. The quantitative estimate of drug-likeness (QED) is 0.124. The molecule has 4 aliphatic heterocycles. The molecule has 21 nitrogen and oxygen atoms in total. The molecule has 386 valence electrons. The van der Waals surface area contributed by atoms with E-state index in [1.807, 2.05) is 66.0 Å². The van der Waals surface area contributed by atoms with Crippen LogP contribution in [0, 0.1) is 12.7 Å². The number of nitrogens with zero attached hydrogens (tertiary/aromatic N) is 12. The zero-order valence-electron chi connectivity index (χ0n) is 42.4.